The molecule has 0 saturated heterocycles. The highest BCUT2D eigenvalue weighted by Gasteiger charge is 2.71. The van der Waals surface area contributed by atoms with E-state index in [1.165, 1.54) is 0 Å². The van der Waals surface area contributed by atoms with Gasteiger partial charge in [0.05, 0.1) is 0 Å². The minimum absolute atomic E-state index is 0.106. The third-order valence-electron chi connectivity index (χ3n) is 5.88. The second-order valence-corrected chi connectivity index (χ2v) is 7.40. The van der Waals surface area contributed by atoms with E-state index in [0.717, 1.165) is 0 Å². The first-order valence-corrected chi connectivity index (χ1v) is 7.65. The second kappa shape index (κ2) is 5.28. The van der Waals surface area contributed by atoms with Crippen LogP contribution in [0.5, 0.6) is 0 Å². The van der Waals surface area contributed by atoms with Gasteiger partial charge < -0.3 is 5.11 Å². The van der Waals surface area contributed by atoms with Crippen LogP contribution >= 0.6 is 0 Å². The van der Waals surface area contributed by atoms with Gasteiger partial charge in [-0.3, -0.25) is 0 Å². The van der Waals surface area contributed by atoms with Gasteiger partial charge in [-0.25, -0.2) is 0 Å². The molecule has 2 rings (SSSR count). The van der Waals surface area contributed by atoms with Crippen molar-refractivity contribution in [1.82, 2.24) is 0 Å². The zero-order valence-corrected chi connectivity index (χ0v) is 12.8. The average Bonchev–Trinajstić information content (AvgIpc) is 2.82. The zero-order valence-electron chi connectivity index (χ0n) is 12.8. The van der Waals surface area contributed by atoms with E-state index < -0.39 is 30.3 Å². The molecule has 0 aromatic heterocycles. The molecule has 0 spiro atoms. The van der Waals surface area contributed by atoms with E-state index in [-0.39, 0.29) is 17.8 Å². The maximum atomic E-state index is 12.8. The maximum absolute atomic E-state index is 12.8. The molecule has 2 fully saturated rings. The van der Waals surface area contributed by atoms with E-state index >= 15 is 0 Å². The van der Waals surface area contributed by atoms with Crippen LogP contribution in [-0.2, 0) is 0 Å². The highest BCUT2D eigenvalue weighted by atomic mass is 19.4. The molecule has 5 atom stereocenters. The van der Waals surface area contributed by atoms with Crippen LogP contribution in [0.1, 0.15) is 40.0 Å². The molecule has 2 bridgehead atoms. The largest absolute Gasteiger partial charge is 0.426 e. The molecule has 0 heterocycles. The molecule has 1 N–H and O–H groups in total. The Balaban J connectivity index is 2.19. The summed E-state index contributed by atoms with van der Waals surface area (Å²) in [5.74, 6) is 0.128. The van der Waals surface area contributed by atoms with Crippen LogP contribution in [0.25, 0.3) is 0 Å². The highest BCUT2D eigenvalue weighted by molar-refractivity contribution is 5.04. The molecule has 0 aromatic rings. The Morgan fingerprint density at radius 2 is 1.50 bits per heavy atom. The summed E-state index contributed by atoms with van der Waals surface area (Å²) in [4.78, 5) is 0. The Bertz CT molecular complexity index is 397. The number of halogens is 6. The molecular formula is C15H22F6O. The fourth-order valence-electron chi connectivity index (χ4n) is 5.03. The van der Waals surface area contributed by atoms with E-state index in [0.29, 0.717) is 24.7 Å². The average molecular weight is 332 g/mol. The first kappa shape index (κ1) is 17.9. The van der Waals surface area contributed by atoms with Crippen molar-refractivity contribution in [3.63, 3.8) is 0 Å². The van der Waals surface area contributed by atoms with E-state index in [1.807, 2.05) is 20.8 Å². The number of hydrogen-bond donors (Lipinski definition) is 1. The molecule has 0 aliphatic heterocycles. The molecule has 5 unspecified atom stereocenters. The summed E-state index contributed by atoms with van der Waals surface area (Å²) >= 11 is 0. The van der Waals surface area contributed by atoms with Gasteiger partial charge in [-0.2, -0.15) is 26.3 Å². The minimum Gasteiger partial charge on any atom is -0.374 e. The van der Waals surface area contributed by atoms with Crippen molar-refractivity contribution in [2.24, 2.45) is 35.5 Å². The number of hydrogen-bond acceptors (Lipinski definition) is 1. The lowest BCUT2D eigenvalue weighted by atomic mass is 9.68. The van der Waals surface area contributed by atoms with Crippen LogP contribution in [0.4, 0.5) is 26.3 Å². The third kappa shape index (κ3) is 2.63. The van der Waals surface area contributed by atoms with Crippen molar-refractivity contribution in [2.45, 2.75) is 58.0 Å². The lowest BCUT2D eigenvalue weighted by Crippen LogP contribution is -2.58. The van der Waals surface area contributed by atoms with Gasteiger partial charge in [0.2, 0.25) is 0 Å². The van der Waals surface area contributed by atoms with Crippen molar-refractivity contribution in [3.05, 3.63) is 0 Å². The summed E-state index contributed by atoms with van der Waals surface area (Å²) < 4.78 is 77.0. The summed E-state index contributed by atoms with van der Waals surface area (Å²) in [6.45, 7) is 6.00. The van der Waals surface area contributed by atoms with Crippen molar-refractivity contribution in [1.29, 1.82) is 0 Å². The molecule has 22 heavy (non-hydrogen) atoms. The smallest absolute Gasteiger partial charge is 0.374 e. The van der Waals surface area contributed by atoms with Crippen molar-refractivity contribution < 1.29 is 31.4 Å². The lowest BCUT2D eigenvalue weighted by molar-refractivity contribution is -0.373. The first-order chi connectivity index (χ1) is 9.79. The van der Waals surface area contributed by atoms with Crippen LogP contribution in [0.2, 0.25) is 0 Å². The van der Waals surface area contributed by atoms with Crippen molar-refractivity contribution in [3.8, 4) is 0 Å². The van der Waals surface area contributed by atoms with Crippen LogP contribution in [0.3, 0.4) is 0 Å². The SMILES string of the molecule is CC(C)C1C2CC(CC(O)(C(F)(F)F)C(F)(F)F)C(C2)C1C. The Hall–Kier alpha value is -0.460. The van der Waals surface area contributed by atoms with Gasteiger partial charge in [0.1, 0.15) is 0 Å². The number of aliphatic hydroxyl groups is 1. The molecule has 130 valence electrons. The topological polar surface area (TPSA) is 20.2 Å². The summed E-state index contributed by atoms with van der Waals surface area (Å²) in [5, 5.41) is 9.38. The van der Waals surface area contributed by atoms with E-state index in [2.05, 4.69) is 0 Å². The Kier molecular flexibility index (Phi) is 4.29. The monoisotopic (exact) mass is 332 g/mol. The second-order valence-electron chi connectivity index (χ2n) is 7.40. The van der Waals surface area contributed by atoms with Crippen LogP contribution in [0.15, 0.2) is 0 Å². The predicted octanol–water partition coefficient (Wildman–Crippen LogP) is 4.80. The van der Waals surface area contributed by atoms with Gasteiger partial charge in [-0.15, -0.1) is 0 Å². The first-order valence-electron chi connectivity index (χ1n) is 7.65. The van der Waals surface area contributed by atoms with Gasteiger partial charge in [-0.1, -0.05) is 20.8 Å². The molecule has 2 saturated carbocycles. The molecule has 0 aromatic carbocycles. The zero-order chi connectivity index (χ0) is 17.1. The Morgan fingerprint density at radius 1 is 1.00 bits per heavy atom. The van der Waals surface area contributed by atoms with E-state index in [4.69, 9.17) is 0 Å². The number of fused-ring (bicyclic) bond motifs is 2. The fourth-order valence-corrected chi connectivity index (χ4v) is 5.03. The van der Waals surface area contributed by atoms with Gasteiger partial charge in [0, 0.05) is 0 Å². The minimum atomic E-state index is -5.70. The highest BCUT2D eigenvalue weighted by Crippen LogP contribution is 2.60. The van der Waals surface area contributed by atoms with Gasteiger partial charge in [0.15, 0.2) is 0 Å². The number of rotatable bonds is 3. The van der Waals surface area contributed by atoms with Crippen LogP contribution in [-0.4, -0.2) is 23.1 Å². The van der Waals surface area contributed by atoms with Gasteiger partial charge >= 0.3 is 12.4 Å². The van der Waals surface area contributed by atoms with Crippen LogP contribution in [0, 0.1) is 35.5 Å². The summed E-state index contributed by atoms with van der Waals surface area (Å²) in [7, 11) is 0. The molecule has 2 aliphatic rings. The van der Waals surface area contributed by atoms with Crippen molar-refractivity contribution in [2.75, 3.05) is 0 Å². The summed E-state index contributed by atoms with van der Waals surface area (Å²) in [6, 6.07) is 0. The van der Waals surface area contributed by atoms with Crippen molar-refractivity contribution >= 4 is 0 Å². The quantitative estimate of drug-likeness (QED) is 0.736. The van der Waals surface area contributed by atoms with Gasteiger partial charge in [-0.05, 0) is 54.8 Å². The maximum Gasteiger partial charge on any atom is 0.426 e. The molecule has 0 radical (unpaired) electrons. The molecule has 7 heteroatoms. The normalized spacial score (nSPS) is 36.4. The van der Waals surface area contributed by atoms with E-state index in [1.54, 1.807) is 0 Å². The molecular weight excluding hydrogens is 310 g/mol. The molecule has 1 nitrogen and oxygen atoms in total. The summed E-state index contributed by atoms with van der Waals surface area (Å²) in [5.41, 5.74) is -4.60. The Morgan fingerprint density at radius 3 is 1.86 bits per heavy atom. The van der Waals surface area contributed by atoms with E-state index in [9.17, 15) is 31.4 Å². The standard InChI is InChI=1S/C15H22F6O/c1-7(2)12-8(3)11-5-9(12)4-10(11)6-13(22,14(16,17)18)15(19,20)21/h7-12,22H,4-6H2,1-3H3. The number of alkyl halides is 6. The van der Waals surface area contributed by atoms with Crippen LogP contribution < -0.4 is 0 Å². The third-order valence-corrected chi connectivity index (χ3v) is 5.88. The predicted molar refractivity (Wildman–Crippen MR) is 68.9 cm³/mol. The Labute approximate surface area is 126 Å². The summed E-state index contributed by atoms with van der Waals surface area (Å²) in [6.07, 6.45) is -11.6. The molecule has 0 amide bonds. The van der Waals surface area contributed by atoms with Gasteiger partial charge in [0.25, 0.3) is 5.60 Å². The lowest BCUT2D eigenvalue weighted by Gasteiger charge is -2.40. The fraction of sp³-hybridized carbons (Fsp3) is 1.00. The molecule has 2 aliphatic carbocycles.